The Bertz CT molecular complexity index is 698. The van der Waals surface area contributed by atoms with E-state index in [9.17, 15) is 14.9 Å². The maximum atomic E-state index is 12.3. The van der Waals surface area contributed by atoms with Gasteiger partial charge in [0.15, 0.2) is 0 Å². The molecule has 7 nitrogen and oxygen atoms in total. The van der Waals surface area contributed by atoms with Gasteiger partial charge in [-0.05, 0) is 13.0 Å². The normalized spacial score (nSPS) is 10.4. The van der Waals surface area contributed by atoms with Gasteiger partial charge >= 0.3 is 0 Å². The van der Waals surface area contributed by atoms with Gasteiger partial charge in [0.05, 0.1) is 17.0 Å². The van der Waals surface area contributed by atoms with Crippen LogP contribution < -0.4 is 0 Å². The quantitative estimate of drug-likeness (QED) is 0.640. The highest BCUT2D eigenvalue weighted by atomic mass is 35.5. The Labute approximate surface area is 125 Å². The van der Waals surface area contributed by atoms with Crippen LogP contribution in [0.5, 0.6) is 0 Å². The summed E-state index contributed by atoms with van der Waals surface area (Å²) in [7, 11) is 1.56. The van der Waals surface area contributed by atoms with E-state index < -0.39 is 10.8 Å². The number of nitrogens with zero attached hydrogens (tertiary/aromatic N) is 3. The number of hydrogen-bond acceptors (Lipinski definition) is 5. The van der Waals surface area contributed by atoms with Crippen LogP contribution in [0.3, 0.4) is 0 Å². The van der Waals surface area contributed by atoms with Gasteiger partial charge in [-0.25, -0.2) is 0 Å². The van der Waals surface area contributed by atoms with Crippen molar-refractivity contribution in [3.63, 3.8) is 0 Å². The number of hydrogen-bond donors (Lipinski definition) is 0. The van der Waals surface area contributed by atoms with Gasteiger partial charge in [-0.3, -0.25) is 14.9 Å². The summed E-state index contributed by atoms with van der Waals surface area (Å²) in [4.78, 5) is 23.9. The molecule has 0 bridgehead atoms. The molecule has 1 aromatic carbocycles. The number of carbonyl (C=O) groups is 1. The van der Waals surface area contributed by atoms with Crippen LogP contribution in [0.4, 0.5) is 5.69 Å². The van der Waals surface area contributed by atoms with E-state index in [2.05, 4.69) is 5.16 Å². The molecule has 0 aliphatic carbocycles. The Kier molecular flexibility index (Phi) is 4.23. The molecule has 2 rings (SSSR count). The van der Waals surface area contributed by atoms with Gasteiger partial charge in [0.1, 0.15) is 16.5 Å². The second-order valence-electron chi connectivity index (χ2n) is 4.49. The SMILES string of the molecule is Cc1cc(CN(C)C(=O)c2cccc([N+](=O)[O-])c2Cl)no1. The van der Waals surface area contributed by atoms with Gasteiger partial charge in [0.25, 0.3) is 11.6 Å². The first-order valence-electron chi connectivity index (χ1n) is 6.00. The fourth-order valence-corrected chi connectivity index (χ4v) is 2.11. The summed E-state index contributed by atoms with van der Waals surface area (Å²) in [6.45, 7) is 1.96. The van der Waals surface area contributed by atoms with Gasteiger partial charge in [-0.1, -0.05) is 22.8 Å². The minimum Gasteiger partial charge on any atom is -0.361 e. The van der Waals surface area contributed by atoms with E-state index in [0.29, 0.717) is 11.5 Å². The molecule has 0 aliphatic rings. The number of nitro benzene ring substituents is 1. The van der Waals surface area contributed by atoms with Crippen LogP contribution in [0, 0.1) is 17.0 Å². The molecule has 8 heteroatoms. The second-order valence-corrected chi connectivity index (χ2v) is 4.86. The van der Waals surface area contributed by atoms with E-state index in [1.54, 1.807) is 20.0 Å². The molecule has 0 atom stereocenters. The van der Waals surface area contributed by atoms with E-state index in [-0.39, 0.29) is 22.8 Å². The Balaban J connectivity index is 2.23. The van der Waals surface area contributed by atoms with Crippen molar-refractivity contribution in [2.75, 3.05) is 7.05 Å². The van der Waals surface area contributed by atoms with Gasteiger partial charge in [-0.2, -0.15) is 0 Å². The lowest BCUT2D eigenvalue weighted by molar-refractivity contribution is -0.384. The van der Waals surface area contributed by atoms with Crippen molar-refractivity contribution in [2.24, 2.45) is 0 Å². The van der Waals surface area contributed by atoms with Crippen molar-refractivity contribution in [3.8, 4) is 0 Å². The maximum absolute atomic E-state index is 12.3. The zero-order valence-electron chi connectivity index (χ0n) is 11.4. The number of nitro groups is 1. The zero-order valence-corrected chi connectivity index (χ0v) is 12.1. The van der Waals surface area contributed by atoms with Crippen LogP contribution >= 0.6 is 11.6 Å². The molecule has 0 saturated heterocycles. The average molecular weight is 310 g/mol. The third kappa shape index (κ3) is 3.19. The molecule has 1 aromatic heterocycles. The van der Waals surface area contributed by atoms with E-state index in [1.165, 1.54) is 23.1 Å². The molecular weight excluding hydrogens is 298 g/mol. The minimum absolute atomic E-state index is 0.0774. The van der Waals surface area contributed by atoms with E-state index >= 15 is 0 Å². The standard InChI is InChI=1S/C13H12ClN3O4/c1-8-6-9(15-21-8)7-16(2)13(18)10-4-3-5-11(12(10)14)17(19)20/h3-6H,7H2,1-2H3. The van der Waals surface area contributed by atoms with Gasteiger partial charge in [0.2, 0.25) is 0 Å². The van der Waals surface area contributed by atoms with Crippen LogP contribution in [0.25, 0.3) is 0 Å². The molecule has 2 aromatic rings. The highest BCUT2D eigenvalue weighted by Crippen LogP contribution is 2.28. The Hall–Kier alpha value is -2.41. The molecule has 0 radical (unpaired) electrons. The van der Waals surface area contributed by atoms with Gasteiger partial charge in [-0.15, -0.1) is 0 Å². The summed E-state index contributed by atoms with van der Waals surface area (Å²) >= 11 is 5.93. The highest BCUT2D eigenvalue weighted by Gasteiger charge is 2.22. The van der Waals surface area contributed by atoms with Crippen LogP contribution in [-0.2, 0) is 6.54 Å². The van der Waals surface area contributed by atoms with Gasteiger partial charge in [0, 0.05) is 19.2 Å². The smallest absolute Gasteiger partial charge is 0.288 e. The molecule has 0 aliphatic heterocycles. The highest BCUT2D eigenvalue weighted by molar-refractivity contribution is 6.35. The number of rotatable bonds is 4. The molecule has 110 valence electrons. The molecule has 0 N–H and O–H groups in total. The third-order valence-electron chi connectivity index (χ3n) is 2.83. The summed E-state index contributed by atoms with van der Waals surface area (Å²) < 4.78 is 4.92. The molecule has 0 fully saturated rings. The van der Waals surface area contributed by atoms with Crippen LogP contribution in [-0.4, -0.2) is 27.9 Å². The summed E-state index contributed by atoms with van der Waals surface area (Å²) in [5.74, 6) is 0.212. The first-order chi connectivity index (χ1) is 9.90. The van der Waals surface area contributed by atoms with Crippen molar-refractivity contribution in [3.05, 3.63) is 56.4 Å². The lowest BCUT2D eigenvalue weighted by Crippen LogP contribution is -2.26. The summed E-state index contributed by atoms with van der Waals surface area (Å²) in [5, 5.41) is 14.5. The maximum Gasteiger partial charge on any atom is 0.288 e. The molecule has 0 unspecified atom stereocenters. The molecule has 1 heterocycles. The Morgan fingerprint density at radius 3 is 2.81 bits per heavy atom. The van der Waals surface area contributed by atoms with Crippen molar-refractivity contribution in [1.82, 2.24) is 10.1 Å². The fourth-order valence-electron chi connectivity index (χ4n) is 1.84. The van der Waals surface area contributed by atoms with E-state index in [0.717, 1.165) is 0 Å². The zero-order chi connectivity index (χ0) is 15.6. The lowest BCUT2D eigenvalue weighted by Gasteiger charge is -2.16. The molecule has 1 amide bonds. The number of aryl methyl sites for hydroxylation is 1. The number of carbonyl (C=O) groups excluding carboxylic acids is 1. The average Bonchev–Trinajstić information content (AvgIpc) is 2.83. The largest absolute Gasteiger partial charge is 0.361 e. The Morgan fingerprint density at radius 2 is 2.24 bits per heavy atom. The number of halogens is 1. The summed E-state index contributed by atoms with van der Waals surface area (Å²) in [5.41, 5.74) is 0.367. The van der Waals surface area contributed by atoms with E-state index in [4.69, 9.17) is 16.1 Å². The number of amides is 1. The predicted octanol–water partition coefficient (Wildman–Crippen LogP) is 2.82. The number of benzene rings is 1. The lowest BCUT2D eigenvalue weighted by atomic mass is 10.1. The first kappa shape index (κ1) is 15.0. The van der Waals surface area contributed by atoms with E-state index in [1.807, 2.05) is 0 Å². The minimum atomic E-state index is -0.625. The van der Waals surface area contributed by atoms with Crippen LogP contribution in [0.2, 0.25) is 5.02 Å². The molecule has 0 saturated carbocycles. The number of aromatic nitrogens is 1. The monoisotopic (exact) mass is 309 g/mol. The fraction of sp³-hybridized carbons (Fsp3) is 0.231. The molecular formula is C13H12ClN3O4. The van der Waals surface area contributed by atoms with Crippen molar-refractivity contribution >= 4 is 23.2 Å². The van der Waals surface area contributed by atoms with Crippen LogP contribution in [0.1, 0.15) is 21.8 Å². The molecule has 0 spiro atoms. The summed E-state index contributed by atoms with van der Waals surface area (Å²) in [6, 6.07) is 5.83. The Morgan fingerprint density at radius 1 is 1.52 bits per heavy atom. The summed E-state index contributed by atoms with van der Waals surface area (Å²) in [6.07, 6.45) is 0. The molecule has 21 heavy (non-hydrogen) atoms. The van der Waals surface area contributed by atoms with Crippen molar-refractivity contribution < 1.29 is 14.2 Å². The van der Waals surface area contributed by atoms with Crippen molar-refractivity contribution in [1.29, 1.82) is 0 Å². The van der Waals surface area contributed by atoms with Gasteiger partial charge < -0.3 is 9.42 Å². The first-order valence-corrected chi connectivity index (χ1v) is 6.38. The predicted molar refractivity (Wildman–Crippen MR) is 75.1 cm³/mol. The second kappa shape index (κ2) is 5.92. The third-order valence-corrected chi connectivity index (χ3v) is 3.23. The topological polar surface area (TPSA) is 89.5 Å². The van der Waals surface area contributed by atoms with Crippen LogP contribution in [0.15, 0.2) is 28.8 Å². The van der Waals surface area contributed by atoms with Crippen molar-refractivity contribution in [2.45, 2.75) is 13.5 Å².